The van der Waals surface area contributed by atoms with Crippen LogP contribution in [0.2, 0.25) is 5.02 Å². The molecule has 1 aliphatic heterocycles. The Labute approximate surface area is 119 Å². The van der Waals surface area contributed by atoms with Gasteiger partial charge >= 0.3 is 0 Å². The molecule has 1 fully saturated rings. The number of hydrogen-bond acceptors (Lipinski definition) is 3. The van der Waals surface area contributed by atoms with Gasteiger partial charge in [0.1, 0.15) is 5.78 Å². The second-order valence-electron chi connectivity index (χ2n) is 5.83. The Balaban J connectivity index is 2.08. The van der Waals surface area contributed by atoms with Gasteiger partial charge in [0.2, 0.25) is 0 Å². The van der Waals surface area contributed by atoms with Gasteiger partial charge in [-0.2, -0.15) is 0 Å². The van der Waals surface area contributed by atoms with E-state index >= 15 is 0 Å². The molecule has 1 unspecified atom stereocenters. The topological polar surface area (TPSA) is 42.0 Å². The first-order valence-electron chi connectivity index (χ1n) is 6.84. The molecule has 0 aromatic carbocycles. The van der Waals surface area contributed by atoms with E-state index in [1.165, 1.54) is 0 Å². The smallest absolute Gasteiger partial charge is 0.143 e. The van der Waals surface area contributed by atoms with Crippen molar-refractivity contribution in [3.05, 3.63) is 29.0 Å². The predicted octanol–water partition coefficient (Wildman–Crippen LogP) is 2.87. The van der Waals surface area contributed by atoms with Crippen LogP contribution in [0.25, 0.3) is 0 Å². The van der Waals surface area contributed by atoms with Crippen LogP contribution in [0.5, 0.6) is 0 Å². The van der Waals surface area contributed by atoms with Gasteiger partial charge in [-0.05, 0) is 43.5 Å². The third-order valence-corrected chi connectivity index (χ3v) is 4.58. The lowest BCUT2D eigenvalue weighted by molar-refractivity contribution is -0.129. The van der Waals surface area contributed by atoms with Crippen LogP contribution in [0.4, 0.5) is 0 Å². The van der Waals surface area contributed by atoms with E-state index in [-0.39, 0.29) is 11.2 Å². The number of nitrogens with one attached hydrogen (secondary N) is 1. The van der Waals surface area contributed by atoms with Gasteiger partial charge in [0.15, 0.2) is 0 Å². The molecule has 1 aromatic rings. The maximum Gasteiger partial charge on any atom is 0.143 e. The van der Waals surface area contributed by atoms with Crippen LogP contribution in [-0.4, -0.2) is 23.9 Å². The van der Waals surface area contributed by atoms with Gasteiger partial charge in [-0.1, -0.05) is 25.4 Å². The number of nitrogens with zero attached hydrogens (tertiary/aromatic N) is 1. The van der Waals surface area contributed by atoms with E-state index in [0.717, 1.165) is 31.5 Å². The van der Waals surface area contributed by atoms with Gasteiger partial charge in [-0.25, -0.2) is 0 Å². The Bertz CT molecular complexity index is 453. The standard InChI is InChI=1S/C15H21ClN2O/c1-15(2,12-4-3-6-17-9-12)14(19)8-11-5-7-18-10-13(11)16/h5,7,10,12,17H,3-4,6,8-9H2,1-2H3. The quantitative estimate of drug-likeness (QED) is 0.922. The summed E-state index contributed by atoms with van der Waals surface area (Å²) in [5.74, 6) is 0.670. The second-order valence-corrected chi connectivity index (χ2v) is 6.24. The summed E-state index contributed by atoms with van der Waals surface area (Å²) < 4.78 is 0. The molecule has 0 radical (unpaired) electrons. The SMILES string of the molecule is CC(C)(C(=O)Cc1ccncc1Cl)C1CCCNC1. The molecule has 0 bridgehead atoms. The van der Waals surface area contributed by atoms with Gasteiger partial charge in [0, 0.05) is 24.2 Å². The van der Waals surface area contributed by atoms with Gasteiger partial charge in [-0.15, -0.1) is 0 Å². The van der Waals surface area contributed by atoms with Crippen molar-refractivity contribution in [3.63, 3.8) is 0 Å². The number of piperidine rings is 1. The molecule has 0 spiro atoms. The second kappa shape index (κ2) is 6.02. The van der Waals surface area contributed by atoms with E-state index in [0.29, 0.717) is 17.4 Å². The number of carbonyl (C=O) groups is 1. The van der Waals surface area contributed by atoms with Crippen molar-refractivity contribution in [1.82, 2.24) is 10.3 Å². The lowest BCUT2D eigenvalue weighted by Crippen LogP contribution is -2.43. The Morgan fingerprint density at radius 1 is 1.58 bits per heavy atom. The molecular weight excluding hydrogens is 260 g/mol. The summed E-state index contributed by atoms with van der Waals surface area (Å²) in [6, 6.07) is 1.83. The van der Waals surface area contributed by atoms with Crippen molar-refractivity contribution in [2.24, 2.45) is 11.3 Å². The zero-order valence-electron chi connectivity index (χ0n) is 11.6. The summed E-state index contributed by atoms with van der Waals surface area (Å²) in [7, 11) is 0. The molecule has 19 heavy (non-hydrogen) atoms. The molecule has 1 aliphatic rings. The minimum Gasteiger partial charge on any atom is -0.316 e. The van der Waals surface area contributed by atoms with Gasteiger partial charge in [0.25, 0.3) is 0 Å². The highest BCUT2D eigenvalue weighted by molar-refractivity contribution is 6.31. The number of aromatic nitrogens is 1. The first-order valence-corrected chi connectivity index (χ1v) is 7.22. The van der Waals surface area contributed by atoms with E-state index in [1.54, 1.807) is 12.4 Å². The number of pyridine rings is 1. The molecule has 1 saturated heterocycles. The molecule has 2 rings (SSSR count). The van der Waals surface area contributed by atoms with Crippen molar-refractivity contribution in [2.45, 2.75) is 33.1 Å². The molecule has 1 aromatic heterocycles. The van der Waals surface area contributed by atoms with Crippen LogP contribution in [0, 0.1) is 11.3 Å². The number of ketones is 1. The van der Waals surface area contributed by atoms with Crippen LogP contribution < -0.4 is 5.32 Å². The van der Waals surface area contributed by atoms with Crippen LogP contribution in [0.1, 0.15) is 32.3 Å². The van der Waals surface area contributed by atoms with E-state index in [4.69, 9.17) is 11.6 Å². The number of halogens is 1. The van der Waals surface area contributed by atoms with Crippen molar-refractivity contribution >= 4 is 17.4 Å². The molecule has 4 heteroatoms. The van der Waals surface area contributed by atoms with Crippen LogP contribution >= 0.6 is 11.6 Å². The summed E-state index contributed by atoms with van der Waals surface area (Å²) in [6.45, 7) is 6.12. The zero-order chi connectivity index (χ0) is 13.9. The summed E-state index contributed by atoms with van der Waals surface area (Å²) in [4.78, 5) is 16.5. The Morgan fingerprint density at radius 2 is 2.37 bits per heavy atom. The fourth-order valence-electron chi connectivity index (χ4n) is 2.64. The van der Waals surface area contributed by atoms with Crippen LogP contribution in [-0.2, 0) is 11.2 Å². The minimum atomic E-state index is -0.306. The predicted molar refractivity (Wildman–Crippen MR) is 77.3 cm³/mol. The largest absolute Gasteiger partial charge is 0.316 e. The minimum absolute atomic E-state index is 0.259. The molecule has 2 heterocycles. The average molecular weight is 281 g/mol. The highest BCUT2D eigenvalue weighted by Crippen LogP contribution is 2.34. The molecule has 0 amide bonds. The molecule has 1 N–H and O–H groups in total. The van der Waals surface area contributed by atoms with Crippen molar-refractivity contribution in [1.29, 1.82) is 0 Å². The van der Waals surface area contributed by atoms with Crippen LogP contribution in [0.3, 0.4) is 0 Å². The average Bonchev–Trinajstić information content (AvgIpc) is 2.42. The molecule has 1 atom stereocenters. The highest BCUT2D eigenvalue weighted by atomic mass is 35.5. The highest BCUT2D eigenvalue weighted by Gasteiger charge is 2.36. The molecule has 104 valence electrons. The lowest BCUT2D eigenvalue weighted by Gasteiger charge is -2.36. The summed E-state index contributed by atoms with van der Waals surface area (Å²) in [5.41, 5.74) is 0.568. The summed E-state index contributed by atoms with van der Waals surface area (Å²) >= 11 is 6.08. The third-order valence-electron chi connectivity index (χ3n) is 4.24. The monoisotopic (exact) mass is 280 g/mol. The first-order chi connectivity index (χ1) is 9.01. The Morgan fingerprint density at radius 3 is 3.00 bits per heavy atom. The molecule has 0 aliphatic carbocycles. The normalized spacial score (nSPS) is 20.3. The van der Waals surface area contributed by atoms with E-state index in [2.05, 4.69) is 24.1 Å². The Hall–Kier alpha value is -0.930. The summed E-state index contributed by atoms with van der Waals surface area (Å²) in [6.07, 6.45) is 5.95. The van der Waals surface area contributed by atoms with E-state index in [1.807, 2.05) is 6.07 Å². The molecular formula is C15H21ClN2O. The number of rotatable bonds is 4. The van der Waals surface area contributed by atoms with Gasteiger partial charge < -0.3 is 5.32 Å². The maximum atomic E-state index is 12.6. The molecule has 0 saturated carbocycles. The van der Waals surface area contributed by atoms with Crippen LogP contribution in [0.15, 0.2) is 18.5 Å². The van der Waals surface area contributed by atoms with Crippen molar-refractivity contribution in [3.8, 4) is 0 Å². The zero-order valence-corrected chi connectivity index (χ0v) is 12.3. The first kappa shape index (κ1) is 14.5. The summed E-state index contributed by atoms with van der Waals surface area (Å²) in [5, 5.41) is 3.96. The van der Waals surface area contributed by atoms with E-state index < -0.39 is 0 Å². The lowest BCUT2D eigenvalue weighted by atomic mass is 9.71. The number of Topliss-reactive ketones (excluding diaryl/α,β-unsaturated/α-hetero) is 1. The van der Waals surface area contributed by atoms with Crippen molar-refractivity contribution in [2.75, 3.05) is 13.1 Å². The van der Waals surface area contributed by atoms with E-state index in [9.17, 15) is 4.79 Å². The maximum absolute atomic E-state index is 12.6. The number of hydrogen-bond donors (Lipinski definition) is 1. The molecule has 3 nitrogen and oxygen atoms in total. The van der Waals surface area contributed by atoms with Gasteiger partial charge in [0.05, 0.1) is 5.02 Å². The Kier molecular flexibility index (Phi) is 4.58. The van der Waals surface area contributed by atoms with Crippen molar-refractivity contribution < 1.29 is 4.79 Å². The fourth-order valence-corrected chi connectivity index (χ4v) is 2.83. The fraction of sp³-hybridized carbons (Fsp3) is 0.600. The third kappa shape index (κ3) is 3.34. The van der Waals surface area contributed by atoms with Gasteiger partial charge in [-0.3, -0.25) is 9.78 Å². The number of carbonyl (C=O) groups excluding carboxylic acids is 1.